The van der Waals surface area contributed by atoms with Gasteiger partial charge in [0.1, 0.15) is 96.1 Å². The summed E-state index contributed by atoms with van der Waals surface area (Å²) in [5, 5.41) is 44.7. The molecule has 0 saturated carbocycles. The highest BCUT2D eigenvalue weighted by Gasteiger charge is 2.38. The molecular formula is C78H106F6N16O15. The molecular weight excluding hydrogens is 1510 g/mol. The zero-order valence-corrected chi connectivity index (χ0v) is 66.2. The van der Waals surface area contributed by atoms with Crippen molar-refractivity contribution in [3.05, 3.63) is 142 Å². The average Bonchev–Trinajstić information content (AvgIpc) is 0.805. The van der Waals surface area contributed by atoms with Gasteiger partial charge in [-0.2, -0.15) is 26.3 Å². The van der Waals surface area contributed by atoms with Crippen LogP contribution in [0, 0.1) is 0 Å². The van der Waals surface area contributed by atoms with Crippen molar-refractivity contribution < 1.29 is 99.0 Å². The van der Waals surface area contributed by atoms with Crippen molar-refractivity contribution in [2.45, 2.75) is 207 Å². The monoisotopic (exact) mass is 1620 g/mol. The topological polar surface area (TPSA) is 428 Å². The standard InChI is InChI=1S/C37H50N8O5.C30H37N7O4.C7H15NO2.C2HF3O2.CHF3.CH2O2/c1-6-28-32(40-23-41-33(28)45-19-16-26(17-20-45)29-15-14-27-13-10-18-38-31(27)43-29)39-21-30(34(46)42-24(2)35(47)50-37(3,4)5)44-36(48)49-22-25-11-8-7-9-12-25;1-2-23-27(32-17-25(29(38)39)36-30(40)41-18-20-7-4-3-5-8-20)33-19-34-28(23)37-15-12-21(13-16-37)24-11-10-22-9-6-14-31-26(22)35-24;1-5(8)6(9)10-7(2,3)4;3-2(4,5)1(6)7;2-1(3)4;2-1-3/h7-9,11-12,14-15,23-24,26,30H,6,10,13,16-22H2,1-5H3,(H,38,43)(H,42,46)(H,44,48)(H,39,40,41);3-5,7-8,10-11,19,21,25H,2,6,9,12-18H2,1H3,(H,31,35)(H,36,40)(H,38,39)(H,32,33,34);5H,8H2,1-4H3;(H,6,7);1H;1H,(H,2,3)/t24-,30-;25-;5-;;;/m000.../s1. The molecule has 37 heteroatoms. The number of ether oxygens (including phenoxy) is 4. The van der Waals surface area contributed by atoms with Gasteiger partial charge in [-0.25, -0.2) is 53.9 Å². The molecule has 115 heavy (non-hydrogen) atoms. The highest BCUT2D eigenvalue weighted by Crippen LogP contribution is 2.36. The van der Waals surface area contributed by atoms with Crippen molar-refractivity contribution in [2.24, 2.45) is 5.73 Å². The third-order valence-corrected chi connectivity index (χ3v) is 17.5. The fourth-order valence-electron chi connectivity index (χ4n) is 12.0. The SMILES string of the molecule is CCc1c(NC[C@H](NC(=O)OCc2ccccc2)C(=O)N[C@@H](C)C(=O)OC(C)(C)C)ncnc1N1CCC(c2ccc3c(n2)NCCC3)CC1.CCc1c(NC[C@H](NC(=O)OCc2ccccc2)C(=O)O)ncnc1N1CCC(c2ccc3c(n2)NCCC3)CC1.C[C@H](N)C(=O)OC(C)(C)C.FC(F)F.O=C(O)C(F)(F)F.O=CO. The molecule has 12 N–H and O–H groups in total. The molecule has 0 radical (unpaired) electrons. The van der Waals surface area contributed by atoms with Crippen LogP contribution in [0.5, 0.6) is 0 Å². The van der Waals surface area contributed by atoms with E-state index >= 15 is 0 Å². The molecule has 2 saturated heterocycles. The van der Waals surface area contributed by atoms with Gasteiger partial charge in [0.15, 0.2) is 0 Å². The number of alkyl carbamates (subject to hydrolysis) is 2. The maximum atomic E-state index is 13.5. The maximum Gasteiger partial charge on any atom is 0.490 e. The largest absolute Gasteiger partial charge is 0.490 e. The molecule has 0 aliphatic carbocycles. The molecule has 6 aromatic rings. The van der Waals surface area contributed by atoms with E-state index in [1.54, 1.807) is 27.7 Å². The maximum absolute atomic E-state index is 13.5. The second-order valence-corrected chi connectivity index (χ2v) is 28.7. The van der Waals surface area contributed by atoms with Crippen LogP contribution < -0.4 is 52.8 Å². The number of pyridine rings is 2. The first kappa shape index (κ1) is 94.2. The van der Waals surface area contributed by atoms with E-state index in [0.717, 1.165) is 148 Å². The number of carboxylic acid groups (broad SMARTS) is 3. The number of amides is 3. The highest BCUT2D eigenvalue weighted by molar-refractivity contribution is 5.90. The summed E-state index contributed by atoms with van der Waals surface area (Å²) in [5.41, 5.74) is 12.4. The van der Waals surface area contributed by atoms with Gasteiger partial charge >= 0.3 is 48.9 Å². The van der Waals surface area contributed by atoms with E-state index in [0.29, 0.717) is 36.3 Å². The molecule has 3 amide bonds. The van der Waals surface area contributed by atoms with Gasteiger partial charge in [-0.1, -0.05) is 86.6 Å². The number of aliphatic carboxylic acids is 2. The van der Waals surface area contributed by atoms with E-state index in [1.165, 1.54) is 30.7 Å². The molecule has 8 heterocycles. The number of nitrogens with two attached hydrogens (primary N) is 1. The van der Waals surface area contributed by atoms with Gasteiger partial charge in [-0.05, 0) is 154 Å². The molecule has 2 fully saturated rings. The number of rotatable bonds is 23. The Labute approximate surface area is 663 Å². The van der Waals surface area contributed by atoms with Crippen molar-refractivity contribution in [1.29, 1.82) is 0 Å². The van der Waals surface area contributed by atoms with Crippen LogP contribution in [0.15, 0.2) is 97.6 Å². The summed E-state index contributed by atoms with van der Waals surface area (Å²) in [7, 11) is 0. The Bertz CT molecular complexity index is 4070. The molecule has 4 aliphatic heterocycles. The number of alkyl halides is 6. The number of carboxylic acids is 2. The van der Waals surface area contributed by atoms with Crippen LogP contribution >= 0.6 is 0 Å². The summed E-state index contributed by atoms with van der Waals surface area (Å²) >= 11 is 0. The number of anilines is 6. The second-order valence-electron chi connectivity index (χ2n) is 28.7. The molecule has 0 bridgehead atoms. The fraction of sp³-hybridized carbons (Fsp3) is 0.513. The van der Waals surface area contributed by atoms with E-state index in [9.17, 15) is 60.2 Å². The number of fused-ring (bicyclic) bond motifs is 2. The van der Waals surface area contributed by atoms with Gasteiger partial charge < -0.3 is 87.0 Å². The Morgan fingerprint density at radius 1 is 0.591 bits per heavy atom. The average molecular weight is 1620 g/mol. The number of esters is 2. The smallest absolute Gasteiger partial charge is 0.483 e. The normalized spacial score (nSPS) is 14.9. The van der Waals surface area contributed by atoms with Crippen molar-refractivity contribution in [1.82, 2.24) is 45.9 Å². The summed E-state index contributed by atoms with van der Waals surface area (Å²) in [6, 6.07) is 23.5. The van der Waals surface area contributed by atoms with Crippen LogP contribution in [0.25, 0.3) is 0 Å². The Hall–Kier alpha value is -11.4. The summed E-state index contributed by atoms with van der Waals surface area (Å²) in [6.07, 6.45) is 5.97. The number of nitrogens with one attached hydrogen (secondary N) is 7. The van der Waals surface area contributed by atoms with Gasteiger partial charge in [0.25, 0.3) is 6.47 Å². The lowest BCUT2D eigenvalue weighted by Gasteiger charge is -2.34. The lowest BCUT2D eigenvalue weighted by atomic mass is 9.92. The number of carbonyl (C=O) groups is 8. The first-order valence-corrected chi connectivity index (χ1v) is 37.6. The summed E-state index contributed by atoms with van der Waals surface area (Å²) in [5.74, 6) is 0.226. The Morgan fingerprint density at radius 3 is 1.31 bits per heavy atom. The van der Waals surface area contributed by atoms with Crippen molar-refractivity contribution in [3.8, 4) is 0 Å². The molecule has 2 aromatic carbocycles. The molecule has 0 spiro atoms. The Kier molecular flexibility index (Phi) is 38.2. The number of hydrogen-bond acceptors (Lipinski definition) is 25. The van der Waals surface area contributed by atoms with Gasteiger partial charge in [-0.3, -0.25) is 14.4 Å². The van der Waals surface area contributed by atoms with Crippen LogP contribution in [0.3, 0.4) is 0 Å². The highest BCUT2D eigenvalue weighted by atomic mass is 19.4. The number of benzene rings is 2. The van der Waals surface area contributed by atoms with Crippen LogP contribution in [0.4, 0.5) is 70.8 Å². The third-order valence-electron chi connectivity index (χ3n) is 17.5. The van der Waals surface area contributed by atoms with E-state index in [-0.39, 0.29) is 38.7 Å². The number of piperidine rings is 2. The van der Waals surface area contributed by atoms with Crippen molar-refractivity contribution >= 4 is 83.4 Å². The second kappa shape index (κ2) is 46.7. The molecule has 4 atom stereocenters. The molecule has 10 rings (SSSR count). The van der Waals surface area contributed by atoms with Crippen LogP contribution in [0.1, 0.15) is 164 Å². The first-order valence-electron chi connectivity index (χ1n) is 37.6. The number of carbonyl (C=O) groups excluding carboxylic acids is 5. The number of aromatic nitrogens is 6. The van der Waals surface area contributed by atoms with Gasteiger partial charge in [0, 0.05) is 86.7 Å². The molecule has 630 valence electrons. The van der Waals surface area contributed by atoms with Crippen molar-refractivity contribution in [2.75, 3.05) is 83.4 Å². The number of aryl methyl sites for hydroxylation is 2. The molecule has 4 aromatic heterocycles. The van der Waals surface area contributed by atoms with Gasteiger partial charge in [-0.15, -0.1) is 0 Å². The predicted molar refractivity (Wildman–Crippen MR) is 417 cm³/mol. The zero-order valence-electron chi connectivity index (χ0n) is 66.2. The Balaban J connectivity index is 0.000000322. The predicted octanol–water partition coefficient (Wildman–Crippen LogP) is 10.9. The summed E-state index contributed by atoms with van der Waals surface area (Å²) in [6.45, 7) is 19.3. The summed E-state index contributed by atoms with van der Waals surface area (Å²) < 4.78 is 81.7. The third kappa shape index (κ3) is 33.3. The minimum Gasteiger partial charge on any atom is -0.483 e. The van der Waals surface area contributed by atoms with E-state index in [1.807, 2.05) is 95.3 Å². The quantitative estimate of drug-likeness (QED) is 0.0123. The lowest BCUT2D eigenvalue weighted by molar-refractivity contribution is -0.192. The lowest BCUT2D eigenvalue weighted by Crippen LogP contribution is -2.54. The molecule has 0 unspecified atom stereocenters. The van der Waals surface area contributed by atoms with Crippen LogP contribution in [0.2, 0.25) is 0 Å². The fourth-order valence-corrected chi connectivity index (χ4v) is 12.0. The molecule has 31 nitrogen and oxygen atoms in total. The van der Waals surface area contributed by atoms with E-state index < -0.39 is 84.2 Å². The Morgan fingerprint density at radius 2 is 0.965 bits per heavy atom. The minimum absolute atomic E-state index is 0.0170. The number of nitrogens with zero attached hydrogens (tertiary/aromatic N) is 8. The van der Waals surface area contributed by atoms with Gasteiger partial charge in [0.05, 0.1) is 0 Å². The van der Waals surface area contributed by atoms with Crippen LogP contribution in [-0.2, 0) is 86.6 Å². The summed E-state index contributed by atoms with van der Waals surface area (Å²) in [4.78, 5) is 124. The first-order chi connectivity index (χ1) is 54.4. The molecule has 4 aliphatic rings. The van der Waals surface area contributed by atoms with E-state index in [2.05, 4.69) is 91.2 Å². The van der Waals surface area contributed by atoms with Gasteiger partial charge in [0.2, 0.25) is 5.91 Å². The van der Waals surface area contributed by atoms with E-state index in [4.69, 9.17) is 54.5 Å². The zero-order chi connectivity index (χ0) is 85.0. The number of halogens is 6. The number of hydrogen-bond donors (Lipinski definition) is 11. The minimum atomic E-state index is -5.08. The van der Waals surface area contributed by atoms with Crippen molar-refractivity contribution in [3.63, 3.8) is 0 Å². The van der Waals surface area contributed by atoms with Crippen LogP contribution in [-0.4, -0.2) is 194 Å².